The first-order valence-corrected chi connectivity index (χ1v) is 10.3. The molecule has 0 aliphatic rings. The van der Waals surface area contributed by atoms with Crippen LogP contribution < -0.4 is 9.80 Å². The molecule has 0 aliphatic carbocycles. The summed E-state index contributed by atoms with van der Waals surface area (Å²) in [6.45, 7) is 5.68. The minimum Gasteiger partial charge on any atom is -0.338 e. The summed E-state index contributed by atoms with van der Waals surface area (Å²) in [5, 5.41) is 2.78. The molecule has 0 saturated carbocycles. The van der Waals surface area contributed by atoms with E-state index in [4.69, 9.17) is 4.98 Å². The molecule has 0 radical (unpaired) electrons. The Morgan fingerprint density at radius 2 is 2.12 bits per heavy atom. The van der Waals surface area contributed by atoms with E-state index < -0.39 is 0 Å². The molecule has 0 bridgehead atoms. The maximum atomic E-state index is 12.9. The third-order valence-electron chi connectivity index (χ3n) is 4.08. The minimum atomic E-state index is -0.0203. The Morgan fingerprint density at radius 1 is 1.31 bits per heavy atom. The molecule has 1 amide bonds. The van der Waals surface area contributed by atoms with E-state index in [-0.39, 0.29) is 5.91 Å². The summed E-state index contributed by atoms with van der Waals surface area (Å²) in [5.41, 5.74) is 3.37. The topological polar surface area (TPSA) is 37.6 Å². The summed E-state index contributed by atoms with van der Waals surface area (Å²) in [5.74, 6) is -0.0203. The van der Waals surface area contributed by atoms with Crippen molar-refractivity contribution in [3.05, 3.63) is 51.7 Å². The van der Waals surface area contributed by atoms with E-state index in [1.54, 1.807) is 33.6 Å². The number of carbonyl (C=O) groups is 1. The fourth-order valence-corrected chi connectivity index (χ4v) is 4.53. The first-order chi connectivity index (χ1) is 12.4. The molecule has 2 aromatic heterocycles. The maximum absolute atomic E-state index is 12.9. The number of aryl methyl sites for hydroxylation is 2. The Morgan fingerprint density at radius 3 is 2.81 bits per heavy atom. The molecule has 3 aromatic rings. The summed E-state index contributed by atoms with van der Waals surface area (Å²) in [6, 6.07) is 8.27. The molecule has 0 fully saturated rings. The zero-order valence-electron chi connectivity index (χ0n) is 15.6. The SMILES string of the molecule is Cc1cc(C)c2nc(N(CC[NH+](C)C)C(=O)/C=C/c3cccs3)sc2c1. The molecule has 1 N–H and O–H groups in total. The van der Waals surface area contributed by atoms with Gasteiger partial charge >= 0.3 is 0 Å². The third-order valence-corrected chi connectivity index (χ3v) is 5.95. The summed E-state index contributed by atoms with van der Waals surface area (Å²) in [6.07, 6.45) is 3.53. The van der Waals surface area contributed by atoms with Crippen LogP contribution in [0.5, 0.6) is 0 Å². The molecular formula is C20H24N3OS2+. The number of carbonyl (C=O) groups excluding carboxylic acids is 1. The highest BCUT2D eigenvalue weighted by molar-refractivity contribution is 7.22. The second-order valence-corrected chi connectivity index (χ2v) is 8.71. The lowest BCUT2D eigenvalue weighted by molar-refractivity contribution is -0.856. The molecule has 0 atom stereocenters. The van der Waals surface area contributed by atoms with Crippen LogP contribution in [0, 0.1) is 13.8 Å². The zero-order chi connectivity index (χ0) is 18.7. The third kappa shape index (κ3) is 4.38. The van der Waals surface area contributed by atoms with Crippen LogP contribution in [0.25, 0.3) is 16.3 Å². The van der Waals surface area contributed by atoms with Gasteiger partial charge in [0.15, 0.2) is 5.13 Å². The molecule has 136 valence electrons. The summed E-state index contributed by atoms with van der Waals surface area (Å²) >= 11 is 3.21. The van der Waals surface area contributed by atoms with Gasteiger partial charge in [-0.15, -0.1) is 11.3 Å². The predicted molar refractivity (Wildman–Crippen MR) is 112 cm³/mol. The van der Waals surface area contributed by atoms with Gasteiger partial charge in [0.2, 0.25) is 0 Å². The monoisotopic (exact) mass is 386 g/mol. The molecule has 1 aromatic carbocycles. The van der Waals surface area contributed by atoms with Crippen molar-refractivity contribution in [3.63, 3.8) is 0 Å². The number of aromatic nitrogens is 1. The Bertz CT molecular complexity index is 926. The van der Waals surface area contributed by atoms with Gasteiger partial charge in [0.25, 0.3) is 5.91 Å². The molecule has 6 heteroatoms. The highest BCUT2D eigenvalue weighted by Crippen LogP contribution is 2.31. The smallest absolute Gasteiger partial charge is 0.253 e. The second-order valence-electron chi connectivity index (χ2n) is 6.72. The van der Waals surface area contributed by atoms with E-state index in [0.717, 1.165) is 32.3 Å². The first-order valence-electron chi connectivity index (χ1n) is 8.64. The number of quaternary nitrogens is 1. The maximum Gasteiger partial charge on any atom is 0.253 e. The number of anilines is 1. The van der Waals surface area contributed by atoms with Gasteiger partial charge in [0, 0.05) is 11.0 Å². The van der Waals surface area contributed by atoms with Gasteiger partial charge in [-0.25, -0.2) is 4.98 Å². The number of fused-ring (bicyclic) bond motifs is 1. The minimum absolute atomic E-state index is 0.0203. The average molecular weight is 387 g/mol. The quantitative estimate of drug-likeness (QED) is 0.661. The van der Waals surface area contributed by atoms with Gasteiger partial charge in [-0.05, 0) is 48.6 Å². The van der Waals surface area contributed by atoms with Crippen LogP contribution in [0.15, 0.2) is 35.7 Å². The highest BCUT2D eigenvalue weighted by atomic mass is 32.1. The lowest BCUT2D eigenvalue weighted by atomic mass is 10.1. The van der Waals surface area contributed by atoms with Crippen LogP contribution in [-0.2, 0) is 4.79 Å². The van der Waals surface area contributed by atoms with Crippen molar-refractivity contribution in [3.8, 4) is 0 Å². The van der Waals surface area contributed by atoms with Crippen LogP contribution in [0.2, 0.25) is 0 Å². The van der Waals surface area contributed by atoms with Gasteiger partial charge in [-0.3, -0.25) is 9.69 Å². The Labute approximate surface area is 162 Å². The molecule has 2 heterocycles. The highest BCUT2D eigenvalue weighted by Gasteiger charge is 2.19. The fourth-order valence-electron chi connectivity index (χ4n) is 2.74. The lowest BCUT2D eigenvalue weighted by Crippen LogP contribution is -3.06. The van der Waals surface area contributed by atoms with E-state index >= 15 is 0 Å². The van der Waals surface area contributed by atoms with Crippen LogP contribution >= 0.6 is 22.7 Å². The number of nitrogens with zero attached hydrogens (tertiary/aromatic N) is 2. The van der Waals surface area contributed by atoms with Gasteiger partial charge < -0.3 is 4.90 Å². The Hall–Kier alpha value is -2.02. The molecular weight excluding hydrogens is 362 g/mol. The van der Waals surface area contributed by atoms with Crippen molar-refractivity contribution in [2.75, 3.05) is 32.1 Å². The van der Waals surface area contributed by atoms with E-state index in [9.17, 15) is 4.79 Å². The van der Waals surface area contributed by atoms with E-state index in [1.165, 1.54) is 10.5 Å². The van der Waals surface area contributed by atoms with E-state index in [2.05, 4.69) is 40.1 Å². The number of rotatable bonds is 6. The normalized spacial score (nSPS) is 11.7. The average Bonchev–Trinajstić information content (AvgIpc) is 3.22. The number of thiazole rings is 1. The standard InChI is InChI=1S/C20H23N3OS2/c1-14-12-15(2)19-17(13-14)26-20(21-19)23(10-9-22(3)4)18(24)8-7-16-6-5-11-25-16/h5-8,11-13H,9-10H2,1-4H3/p+1/b8-7+. The van der Waals surface area contributed by atoms with Crippen molar-refractivity contribution in [1.82, 2.24) is 4.98 Å². The van der Waals surface area contributed by atoms with Gasteiger partial charge in [-0.1, -0.05) is 23.5 Å². The molecule has 0 aliphatic heterocycles. The summed E-state index contributed by atoms with van der Waals surface area (Å²) in [7, 11) is 4.19. The van der Waals surface area contributed by atoms with Crippen molar-refractivity contribution in [1.29, 1.82) is 0 Å². The number of nitrogens with one attached hydrogen (secondary N) is 1. The molecule has 3 rings (SSSR count). The zero-order valence-corrected chi connectivity index (χ0v) is 17.2. The first kappa shape index (κ1) is 18.8. The van der Waals surface area contributed by atoms with Crippen molar-refractivity contribution in [2.45, 2.75) is 13.8 Å². The summed E-state index contributed by atoms with van der Waals surface area (Å²) in [4.78, 5) is 21.8. The molecule has 0 saturated heterocycles. The van der Waals surface area contributed by atoms with E-state index in [0.29, 0.717) is 6.54 Å². The van der Waals surface area contributed by atoms with Gasteiger partial charge in [0.05, 0.1) is 37.4 Å². The van der Waals surface area contributed by atoms with Crippen LogP contribution in [0.4, 0.5) is 5.13 Å². The van der Waals surface area contributed by atoms with Gasteiger partial charge in [0.1, 0.15) is 0 Å². The number of hydrogen-bond acceptors (Lipinski definition) is 4. The van der Waals surface area contributed by atoms with Crippen molar-refractivity contribution >= 4 is 50.0 Å². The van der Waals surface area contributed by atoms with E-state index in [1.807, 2.05) is 23.6 Å². The lowest BCUT2D eigenvalue weighted by Gasteiger charge is -2.19. The number of thiophene rings is 1. The van der Waals surface area contributed by atoms with Gasteiger partial charge in [-0.2, -0.15) is 0 Å². The Kier molecular flexibility index (Phi) is 5.86. The fraction of sp³-hybridized carbons (Fsp3) is 0.300. The molecule has 0 spiro atoms. The number of benzene rings is 1. The molecule has 0 unspecified atom stereocenters. The predicted octanol–water partition coefficient (Wildman–Crippen LogP) is 3.17. The number of amides is 1. The van der Waals surface area contributed by atoms with Crippen LogP contribution in [-0.4, -0.2) is 38.1 Å². The van der Waals surface area contributed by atoms with Crippen molar-refractivity contribution in [2.24, 2.45) is 0 Å². The second kappa shape index (κ2) is 8.12. The molecule has 4 nitrogen and oxygen atoms in total. The summed E-state index contributed by atoms with van der Waals surface area (Å²) < 4.78 is 1.13. The number of likely N-dealkylation sites (N-methyl/N-ethyl adjacent to an activating group) is 1. The Balaban J connectivity index is 1.92. The largest absolute Gasteiger partial charge is 0.338 e. The van der Waals surface area contributed by atoms with Crippen LogP contribution in [0.1, 0.15) is 16.0 Å². The number of hydrogen-bond donors (Lipinski definition) is 1. The molecule has 26 heavy (non-hydrogen) atoms. The van der Waals surface area contributed by atoms with Crippen molar-refractivity contribution < 1.29 is 9.69 Å². The van der Waals surface area contributed by atoms with Crippen LogP contribution in [0.3, 0.4) is 0 Å².